The third-order valence-electron chi connectivity index (χ3n) is 12.3. The average molecular weight is 806 g/mol. The highest BCUT2D eigenvalue weighted by atomic mass is 16.3. The fraction of sp³-hybridized carbons (Fsp3) is 0. The molecule has 12 rings (SSSR count). The molecule has 0 aliphatic rings. The number of furan rings is 2. The zero-order valence-electron chi connectivity index (χ0n) is 34.3. The lowest BCUT2D eigenvalue weighted by Gasteiger charge is -2.29. The van der Waals surface area contributed by atoms with E-state index in [9.17, 15) is 0 Å². The van der Waals surface area contributed by atoms with E-state index in [1.54, 1.807) is 0 Å². The second kappa shape index (κ2) is 15.3. The highest BCUT2D eigenvalue weighted by molar-refractivity contribution is 6.10. The van der Waals surface area contributed by atoms with Crippen molar-refractivity contribution in [2.24, 2.45) is 0 Å². The van der Waals surface area contributed by atoms with Crippen LogP contribution in [0.1, 0.15) is 0 Å². The van der Waals surface area contributed by atoms with Crippen LogP contribution in [0.25, 0.3) is 99.5 Å². The average Bonchev–Trinajstić information content (AvgIpc) is 3.93. The summed E-state index contributed by atoms with van der Waals surface area (Å²) >= 11 is 0. The molecule has 0 aliphatic heterocycles. The molecule has 0 saturated heterocycles. The van der Waals surface area contributed by atoms with Gasteiger partial charge in [0.2, 0.25) is 0 Å². The summed E-state index contributed by atoms with van der Waals surface area (Å²) in [5, 5.41) is 4.41. The van der Waals surface area contributed by atoms with Crippen LogP contribution in [0.4, 0.5) is 17.1 Å². The maximum atomic E-state index is 6.57. The number of benzene rings is 10. The normalized spacial score (nSPS) is 11.5. The summed E-state index contributed by atoms with van der Waals surface area (Å²) in [6.07, 6.45) is 0. The van der Waals surface area contributed by atoms with E-state index in [-0.39, 0.29) is 0 Å². The molecule has 2 heterocycles. The van der Waals surface area contributed by atoms with Crippen molar-refractivity contribution in [1.29, 1.82) is 0 Å². The molecule has 0 bridgehead atoms. The minimum absolute atomic E-state index is 0.837. The fourth-order valence-electron chi connectivity index (χ4n) is 9.36. The summed E-state index contributed by atoms with van der Waals surface area (Å²) in [6.45, 7) is 0. The highest BCUT2D eigenvalue weighted by Gasteiger charge is 2.23. The van der Waals surface area contributed by atoms with Crippen LogP contribution in [-0.2, 0) is 0 Å². The molecule has 0 atom stereocenters. The van der Waals surface area contributed by atoms with Crippen molar-refractivity contribution in [3.63, 3.8) is 0 Å². The minimum atomic E-state index is 0.837. The van der Waals surface area contributed by atoms with Gasteiger partial charge in [-0.3, -0.25) is 0 Å². The molecule has 3 heteroatoms. The number of para-hydroxylation sites is 4. The van der Waals surface area contributed by atoms with Crippen molar-refractivity contribution in [3.05, 3.63) is 237 Å². The lowest BCUT2D eigenvalue weighted by molar-refractivity contribution is 0.669. The van der Waals surface area contributed by atoms with Crippen molar-refractivity contribution in [3.8, 4) is 55.6 Å². The first-order chi connectivity index (χ1) is 31.2. The summed E-state index contributed by atoms with van der Waals surface area (Å²) < 4.78 is 13.1. The topological polar surface area (TPSA) is 29.5 Å². The van der Waals surface area contributed by atoms with Crippen molar-refractivity contribution in [2.75, 3.05) is 4.90 Å². The van der Waals surface area contributed by atoms with Crippen molar-refractivity contribution >= 4 is 60.9 Å². The van der Waals surface area contributed by atoms with Crippen LogP contribution in [0, 0.1) is 0 Å². The van der Waals surface area contributed by atoms with Crippen LogP contribution >= 0.6 is 0 Å². The zero-order valence-corrected chi connectivity index (χ0v) is 34.3. The Morgan fingerprint density at radius 3 is 1.62 bits per heavy atom. The van der Waals surface area contributed by atoms with Crippen LogP contribution in [0.5, 0.6) is 0 Å². The molecule has 0 amide bonds. The molecule has 0 saturated carbocycles. The smallest absolute Gasteiger partial charge is 0.143 e. The molecule has 0 aliphatic carbocycles. The number of rotatable bonds is 8. The molecule has 0 spiro atoms. The molecule has 3 nitrogen and oxygen atoms in total. The van der Waals surface area contributed by atoms with Crippen molar-refractivity contribution in [2.45, 2.75) is 0 Å². The van der Waals surface area contributed by atoms with E-state index < -0.39 is 0 Å². The molecule has 0 fully saturated rings. The molecule has 63 heavy (non-hydrogen) atoms. The quantitative estimate of drug-likeness (QED) is 0.153. The molecule has 2 aromatic heterocycles. The summed E-state index contributed by atoms with van der Waals surface area (Å²) in [7, 11) is 0. The van der Waals surface area contributed by atoms with E-state index >= 15 is 0 Å². The third-order valence-corrected chi connectivity index (χ3v) is 12.3. The second-order valence-electron chi connectivity index (χ2n) is 16.0. The first-order valence-corrected chi connectivity index (χ1v) is 21.4. The predicted octanol–water partition coefficient (Wildman–Crippen LogP) is 17.3. The van der Waals surface area contributed by atoms with Gasteiger partial charge < -0.3 is 13.7 Å². The monoisotopic (exact) mass is 805 g/mol. The van der Waals surface area contributed by atoms with Gasteiger partial charge in [0.25, 0.3) is 0 Å². The lowest BCUT2D eigenvalue weighted by Crippen LogP contribution is -2.11. The van der Waals surface area contributed by atoms with E-state index in [0.29, 0.717) is 0 Å². The summed E-state index contributed by atoms with van der Waals surface area (Å²) in [5.74, 6) is 0. The molecular formula is C60H39NO2. The number of fused-ring (bicyclic) bond motifs is 6. The van der Waals surface area contributed by atoms with Crippen LogP contribution < -0.4 is 4.90 Å². The molecular weight excluding hydrogens is 767 g/mol. The van der Waals surface area contributed by atoms with Gasteiger partial charge in [-0.05, 0) is 93.0 Å². The highest BCUT2D eigenvalue weighted by Crippen LogP contribution is 2.48. The van der Waals surface area contributed by atoms with E-state index in [0.717, 1.165) is 94.3 Å². The van der Waals surface area contributed by atoms with E-state index in [1.165, 1.54) is 22.3 Å². The van der Waals surface area contributed by atoms with Crippen molar-refractivity contribution in [1.82, 2.24) is 0 Å². The Labute approximate surface area is 365 Å². The molecule has 296 valence electrons. The van der Waals surface area contributed by atoms with Gasteiger partial charge in [-0.15, -0.1) is 0 Å². The molecule has 10 aromatic carbocycles. The van der Waals surface area contributed by atoms with Crippen LogP contribution in [-0.4, -0.2) is 0 Å². The van der Waals surface area contributed by atoms with E-state index in [1.807, 2.05) is 24.3 Å². The van der Waals surface area contributed by atoms with Gasteiger partial charge in [0.15, 0.2) is 0 Å². The maximum Gasteiger partial charge on any atom is 0.143 e. The largest absolute Gasteiger partial charge is 0.456 e. The number of hydrogen-bond donors (Lipinski definition) is 0. The van der Waals surface area contributed by atoms with Gasteiger partial charge in [0.1, 0.15) is 22.3 Å². The molecule has 0 radical (unpaired) electrons. The number of anilines is 3. The second-order valence-corrected chi connectivity index (χ2v) is 16.0. The molecule has 0 unspecified atom stereocenters. The van der Waals surface area contributed by atoms with Gasteiger partial charge in [-0.2, -0.15) is 0 Å². The van der Waals surface area contributed by atoms with E-state index in [4.69, 9.17) is 8.83 Å². The summed E-state index contributed by atoms with van der Waals surface area (Å²) in [4.78, 5) is 2.38. The van der Waals surface area contributed by atoms with Gasteiger partial charge >= 0.3 is 0 Å². The Balaban J connectivity index is 1.10. The summed E-state index contributed by atoms with van der Waals surface area (Å²) in [6, 6.07) is 84.2. The number of nitrogens with zero attached hydrogens (tertiary/aromatic N) is 1. The fourth-order valence-corrected chi connectivity index (χ4v) is 9.36. The van der Waals surface area contributed by atoms with Gasteiger partial charge in [0.05, 0.1) is 5.69 Å². The van der Waals surface area contributed by atoms with Crippen LogP contribution in [0.15, 0.2) is 245 Å². The van der Waals surface area contributed by atoms with Crippen LogP contribution in [0.3, 0.4) is 0 Å². The first kappa shape index (κ1) is 36.5. The van der Waals surface area contributed by atoms with Crippen LogP contribution in [0.2, 0.25) is 0 Å². The maximum absolute atomic E-state index is 6.57. The molecule has 0 N–H and O–H groups in total. The van der Waals surface area contributed by atoms with Gasteiger partial charge in [0, 0.05) is 50.1 Å². The van der Waals surface area contributed by atoms with Gasteiger partial charge in [-0.1, -0.05) is 182 Å². The Kier molecular flexibility index (Phi) is 8.83. The first-order valence-electron chi connectivity index (χ1n) is 21.4. The van der Waals surface area contributed by atoms with Crippen molar-refractivity contribution < 1.29 is 8.83 Å². The standard InChI is InChI=1S/C60H39NO2/c1-3-17-40(18-4-1)42-33-35-49(55(38-42)48-24-8-7-23-46(48)41-19-5-2-6-20-41)50-25-9-12-30-56(50)61(45-34-36-53-51-26-10-13-31-57(51)62-59(53)39-45)44-22-15-21-43(37-44)47-28-16-29-54-52-27-11-14-32-58(52)63-60(47)54/h1-39H. The summed E-state index contributed by atoms with van der Waals surface area (Å²) in [5.41, 5.74) is 17.9. The third kappa shape index (κ3) is 6.38. The Morgan fingerprint density at radius 1 is 0.254 bits per heavy atom. The Hall–Kier alpha value is -8.40. The number of hydrogen-bond acceptors (Lipinski definition) is 3. The lowest BCUT2D eigenvalue weighted by atomic mass is 9.86. The van der Waals surface area contributed by atoms with Gasteiger partial charge in [-0.25, -0.2) is 0 Å². The zero-order chi connectivity index (χ0) is 41.7. The molecule has 12 aromatic rings. The predicted molar refractivity (Wildman–Crippen MR) is 263 cm³/mol. The van der Waals surface area contributed by atoms with E-state index in [2.05, 4.69) is 217 Å². The Bertz CT molecular complexity index is 3640. The SMILES string of the molecule is c1ccc(-c2ccc(-c3ccccc3N(c3cccc(-c4cccc5c4oc4ccccc45)c3)c3ccc4c(c3)oc3ccccc34)c(-c3ccccc3-c3ccccc3)c2)cc1. The minimum Gasteiger partial charge on any atom is -0.456 e. The Morgan fingerprint density at radius 2 is 0.810 bits per heavy atom.